The highest BCUT2D eigenvalue weighted by molar-refractivity contribution is 5.78. The number of fused-ring (bicyclic) bond motifs is 1. The van der Waals surface area contributed by atoms with Crippen LogP contribution in [0.25, 0.3) is 50.4 Å². The molecule has 3 heterocycles. The summed E-state index contributed by atoms with van der Waals surface area (Å²) >= 11 is 0. The van der Waals surface area contributed by atoms with Crippen molar-refractivity contribution in [1.82, 2.24) is 14.4 Å². The molecule has 0 aliphatic heterocycles. The minimum absolute atomic E-state index is 0.0121. The summed E-state index contributed by atoms with van der Waals surface area (Å²) in [6.45, 7) is 2.29. The minimum Gasteiger partial charge on any atom is -0.324 e. The molecule has 1 aliphatic rings. The predicted octanol–water partition coefficient (Wildman–Crippen LogP) is 10.3. The summed E-state index contributed by atoms with van der Waals surface area (Å²) in [5.41, 5.74) is 20.1. The second-order valence-corrected chi connectivity index (χ2v) is 12.8. The topological polar surface area (TPSA) is 56.2 Å². The van der Waals surface area contributed by atoms with Crippen LogP contribution in [0.15, 0.2) is 158 Å². The molecule has 4 aromatic carbocycles. The Morgan fingerprint density at radius 3 is 1.79 bits per heavy atom. The maximum atomic E-state index is 6.60. The van der Waals surface area contributed by atoms with Crippen LogP contribution in [0.5, 0.6) is 0 Å². The summed E-state index contributed by atoms with van der Waals surface area (Å²) < 4.78 is 2.25. The lowest BCUT2D eigenvalue weighted by molar-refractivity contribution is 0.530. The number of pyridine rings is 2. The van der Waals surface area contributed by atoms with E-state index in [1.165, 1.54) is 22.4 Å². The molecule has 4 nitrogen and oxygen atoms in total. The summed E-state index contributed by atoms with van der Waals surface area (Å²) in [4.78, 5) is 10.2. The molecule has 0 saturated heterocycles. The van der Waals surface area contributed by atoms with Gasteiger partial charge >= 0.3 is 0 Å². The summed E-state index contributed by atoms with van der Waals surface area (Å²) in [5, 5.41) is 0. The lowest BCUT2D eigenvalue weighted by Crippen LogP contribution is -2.29. The van der Waals surface area contributed by atoms with Gasteiger partial charge in [-0.3, -0.25) is 0 Å². The van der Waals surface area contributed by atoms with Gasteiger partial charge in [-0.05, 0) is 64.9 Å². The molecule has 0 radical (unpaired) electrons. The molecule has 1 aliphatic carbocycles. The zero-order valence-corrected chi connectivity index (χ0v) is 27.1. The third-order valence-electron chi connectivity index (χ3n) is 9.75. The number of benzene rings is 4. The Kier molecular flexibility index (Phi) is 8.01. The second kappa shape index (κ2) is 12.9. The van der Waals surface area contributed by atoms with Gasteiger partial charge in [0.1, 0.15) is 5.65 Å². The fourth-order valence-electron chi connectivity index (χ4n) is 7.10. The van der Waals surface area contributed by atoms with Gasteiger partial charge in [0.25, 0.3) is 0 Å². The van der Waals surface area contributed by atoms with E-state index in [1.54, 1.807) is 0 Å². The first kappa shape index (κ1) is 29.8. The molecular formula is C44H38N4. The summed E-state index contributed by atoms with van der Waals surface area (Å²) in [6.07, 6.45) is 8.54. The van der Waals surface area contributed by atoms with Crippen molar-refractivity contribution in [3.63, 3.8) is 0 Å². The maximum absolute atomic E-state index is 6.60. The molecule has 0 fully saturated rings. The number of allylic oxidation sites excluding steroid dienone is 1. The van der Waals surface area contributed by atoms with Crippen molar-refractivity contribution in [2.24, 2.45) is 5.73 Å². The van der Waals surface area contributed by atoms with Crippen LogP contribution < -0.4 is 5.73 Å². The van der Waals surface area contributed by atoms with Gasteiger partial charge in [0, 0.05) is 35.2 Å². The monoisotopic (exact) mass is 622 g/mol. The first-order valence-corrected chi connectivity index (χ1v) is 16.9. The molecule has 4 heteroatoms. The molecule has 48 heavy (non-hydrogen) atoms. The molecule has 2 N–H and O–H groups in total. The predicted molar refractivity (Wildman–Crippen MR) is 198 cm³/mol. The van der Waals surface area contributed by atoms with E-state index in [2.05, 4.69) is 157 Å². The number of nitrogens with two attached hydrogens (primary N) is 1. The van der Waals surface area contributed by atoms with Crippen molar-refractivity contribution in [2.45, 2.75) is 37.6 Å². The molecular weight excluding hydrogens is 585 g/mol. The average molecular weight is 623 g/mol. The fraction of sp³-hybridized carbons (Fsp3) is 0.136. The Morgan fingerprint density at radius 2 is 1.19 bits per heavy atom. The number of rotatable bonds is 7. The molecule has 0 amide bonds. The van der Waals surface area contributed by atoms with Crippen molar-refractivity contribution < 1.29 is 0 Å². The number of aromatic nitrogens is 3. The first-order valence-electron chi connectivity index (χ1n) is 16.9. The Hall–Kier alpha value is -5.58. The van der Waals surface area contributed by atoms with Crippen LogP contribution in [0.1, 0.15) is 48.6 Å². The normalized spacial score (nSPS) is 16.6. The molecule has 3 atom stereocenters. The average Bonchev–Trinajstić information content (AvgIpc) is 3.55. The van der Waals surface area contributed by atoms with Gasteiger partial charge in [-0.25, -0.2) is 9.97 Å². The van der Waals surface area contributed by atoms with Gasteiger partial charge in [-0.15, -0.1) is 0 Å². The van der Waals surface area contributed by atoms with Gasteiger partial charge in [-0.1, -0.05) is 134 Å². The summed E-state index contributed by atoms with van der Waals surface area (Å²) in [7, 11) is 0. The summed E-state index contributed by atoms with van der Waals surface area (Å²) in [5.74, 6) is 0.384. The third-order valence-corrected chi connectivity index (χ3v) is 9.75. The zero-order valence-electron chi connectivity index (χ0n) is 27.1. The minimum atomic E-state index is -0.0121. The maximum Gasteiger partial charge on any atom is 0.137 e. The quantitative estimate of drug-likeness (QED) is 0.180. The van der Waals surface area contributed by atoms with E-state index < -0.39 is 0 Å². The zero-order chi connectivity index (χ0) is 32.5. The lowest BCUT2D eigenvalue weighted by atomic mass is 9.83. The number of imidazole rings is 1. The van der Waals surface area contributed by atoms with Gasteiger partial charge in [-0.2, -0.15) is 0 Å². The van der Waals surface area contributed by atoms with Gasteiger partial charge in [0.05, 0.1) is 22.8 Å². The molecule has 0 saturated carbocycles. The Bertz CT molecular complexity index is 2140. The van der Waals surface area contributed by atoms with Crippen LogP contribution in [0.2, 0.25) is 0 Å². The second-order valence-electron chi connectivity index (χ2n) is 12.8. The van der Waals surface area contributed by atoms with Crippen molar-refractivity contribution in [2.75, 3.05) is 0 Å². The molecule has 7 aromatic rings. The lowest BCUT2D eigenvalue weighted by Gasteiger charge is -2.25. The Balaban J connectivity index is 1.09. The molecule has 2 unspecified atom stereocenters. The third kappa shape index (κ3) is 5.76. The van der Waals surface area contributed by atoms with E-state index >= 15 is 0 Å². The van der Waals surface area contributed by atoms with Crippen LogP contribution in [-0.2, 0) is 0 Å². The molecule has 0 spiro atoms. The number of nitrogens with zero attached hydrogens (tertiary/aromatic N) is 3. The van der Waals surface area contributed by atoms with Gasteiger partial charge in [0.15, 0.2) is 0 Å². The highest BCUT2D eigenvalue weighted by Gasteiger charge is 2.29. The molecule has 8 rings (SSSR count). The largest absolute Gasteiger partial charge is 0.324 e. The van der Waals surface area contributed by atoms with E-state index in [9.17, 15) is 0 Å². The van der Waals surface area contributed by atoms with Crippen LogP contribution in [-0.4, -0.2) is 20.4 Å². The Morgan fingerprint density at radius 1 is 0.625 bits per heavy atom. The van der Waals surface area contributed by atoms with Crippen LogP contribution in [0.3, 0.4) is 0 Å². The van der Waals surface area contributed by atoms with E-state index in [0.717, 1.165) is 57.8 Å². The van der Waals surface area contributed by atoms with Crippen molar-refractivity contribution in [3.8, 4) is 44.8 Å². The first-order chi connectivity index (χ1) is 23.6. The standard InChI is InChI=1S/C44H38N4/c1-30(44-43(38-16-8-9-17-39(38)45)47-42-18-10-11-27-48(42)44)31-19-21-32(22-20-31)33-23-25-34(26-24-33)37-28-40(35-12-4-2-5-13-35)46-41(29-37)36-14-6-3-7-15-36/h2-7,9-15,17-30,38-39H,8,16,45H2,1H3/t30-,38?,39?/m0/s1. The van der Waals surface area contributed by atoms with Gasteiger partial charge < -0.3 is 10.1 Å². The van der Waals surface area contributed by atoms with E-state index in [1.807, 2.05) is 12.1 Å². The smallest absolute Gasteiger partial charge is 0.137 e. The SMILES string of the molecule is C[C@@H](c1ccc(-c2ccc(-c3cc(-c4ccccc4)nc(-c4ccccc4)c3)cc2)cc1)c1c(C2CCC=CC2N)nc2ccccn12. The van der Waals surface area contributed by atoms with Crippen molar-refractivity contribution >= 4 is 5.65 Å². The number of hydrogen-bond donors (Lipinski definition) is 1. The molecule has 0 bridgehead atoms. The van der Waals surface area contributed by atoms with Crippen molar-refractivity contribution in [3.05, 3.63) is 175 Å². The van der Waals surface area contributed by atoms with Crippen molar-refractivity contribution in [1.29, 1.82) is 0 Å². The highest BCUT2D eigenvalue weighted by atomic mass is 15.0. The van der Waals surface area contributed by atoms with Crippen LogP contribution in [0, 0.1) is 0 Å². The highest BCUT2D eigenvalue weighted by Crippen LogP contribution is 2.37. The van der Waals surface area contributed by atoms with E-state index in [0.29, 0.717) is 0 Å². The molecule has 3 aromatic heterocycles. The summed E-state index contributed by atoms with van der Waals surface area (Å²) in [6, 6.07) is 49.3. The van der Waals surface area contributed by atoms with Crippen LogP contribution >= 0.6 is 0 Å². The van der Waals surface area contributed by atoms with Crippen LogP contribution in [0.4, 0.5) is 0 Å². The fourth-order valence-corrected chi connectivity index (χ4v) is 7.10. The van der Waals surface area contributed by atoms with Gasteiger partial charge in [0.2, 0.25) is 0 Å². The Labute approximate surface area is 282 Å². The van der Waals surface area contributed by atoms with E-state index in [4.69, 9.17) is 15.7 Å². The van der Waals surface area contributed by atoms with E-state index in [-0.39, 0.29) is 17.9 Å². The number of hydrogen-bond acceptors (Lipinski definition) is 3. The molecule has 234 valence electrons.